The Kier molecular flexibility index (Phi) is 5.08. The lowest BCUT2D eigenvalue weighted by Crippen LogP contribution is -2.35. The van der Waals surface area contributed by atoms with E-state index in [4.69, 9.17) is 4.74 Å². The van der Waals surface area contributed by atoms with Crippen LogP contribution in [0.5, 0.6) is 11.5 Å². The summed E-state index contributed by atoms with van der Waals surface area (Å²) in [5, 5.41) is 9.83. The van der Waals surface area contributed by atoms with Gasteiger partial charge in [-0.15, -0.1) is 0 Å². The predicted octanol–water partition coefficient (Wildman–Crippen LogP) is 2.56. The molecule has 0 saturated carbocycles. The normalized spacial score (nSPS) is 14.6. The maximum Gasteiger partial charge on any atom is 0.254 e. The Bertz CT molecular complexity index is 814. The van der Waals surface area contributed by atoms with Crippen LogP contribution in [0.2, 0.25) is 0 Å². The van der Waals surface area contributed by atoms with Gasteiger partial charge in [0.25, 0.3) is 5.56 Å². The third-order valence-corrected chi connectivity index (χ3v) is 4.45. The van der Waals surface area contributed by atoms with E-state index >= 15 is 0 Å². The fraction of sp³-hybridized carbons (Fsp3) is 0.474. The molecule has 0 atom stereocenters. The summed E-state index contributed by atoms with van der Waals surface area (Å²) in [6.07, 6.45) is 0.701. The largest absolute Gasteiger partial charge is 0.504 e. The Morgan fingerprint density at radius 2 is 2.20 bits per heavy atom. The van der Waals surface area contributed by atoms with Gasteiger partial charge in [-0.2, -0.15) is 0 Å². The van der Waals surface area contributed by atoms with Gasteiger partial charge in [-0.3, -0.25) is 9.69 Å². The van der Waals surface area contributed by atoms with Crippen molar-refractivity contribution >= 4 is 0 Å². The Morgan fingerprint density at radius 3 is 2.92 bits per heavy atom. The van der Waals surface area contributed by atoms with Gasteiger partial charge in [-0.25, -0.2) is 4.98 Å². The average Bonchev–Trinajstić information content (AvgIpc) is 2.57. The number of phenolic OH excluding ortho intramolecular Hbond substituents is 1. The van der Waals surface area contributed by atoms with Crippen molar-refractivity contribution in [3.05, 3.63) is 51.2 Å². The first-order chi connectivity index (χ1) is 12.0. The molecular weight excluding hydrogens is 318 g/mol. The molecule has 0 unspecified atom stereocenters. The smallest absolute Gasteiger partial charge is 0.254 e. The number of H-pyrrole nitrogens is 1. The number of aromatic amines is 1. The molecule has 0 fully saturated rings. The summed E-state index contributed by atoms with van der Waals surface area (Å²) in [7, 11) is 0. The minimum Gasteiger partial charge on any atom is -0.504 e. The third kappa shape index (κ3) is 3.85. The second kappa shape index (κ2) is 7.27. The van der Waals surface area contributed by atoms with E-state index in [1.807, 2.05) is 32.9 Å². The zero-order valence-electron chi connectivity index (χ0n) is 15.0. The molecular formula is C19H25N3O3. The van der Waals surface area contributed by atoms with E-state index in [0.29, 0.717) is 25.3 Å². The topological polar surface area (TPSA) is 78.5 Å². The van der Waals surface area contributed by atoms with Crippen molar-refractivity contribution in [1.29, 1.82) is 0 Å². The molecule has 0 saturated heterocycles. The van der Waals surface area contributed by atoms with Crippen LogP contribution < -0.4 is 10.3 Å². The molecule has 3 rings (SSSR count). The van der Waals surface area contributed by atoms with Gasteiger partial charge in [0.1, 0.15) is 5.82 Å². The Labute approximate surface area is 147 Å². The third-order valence-electron chi connectivity index (χ3n) is 4.45. The van der Waals surface area contributed by atoms with Crippen LogP contribution in [0.4, 0.5) is 0 Å². The molecule has 6 heteroatoms. The Morgan fingerprint density at radius 1 is 1.40 bits per heavy atom. The fourth-order valence-electron chi connectivity index (χ4n) is 3.11. The highest BCUT2D eigenvalue weighted by Crippen LogP contribution is 2.28. The summed E-state index contributed by atoms with van der Waals surface area (Å²) >= 11 is 0. The molecule has 0 spiro atoms. The quantitative estimate of drug-likeness (QED) is 0.872. The fourth-order valence-corrected chi connectivity index (χ4v) is 3.11. The molecule has 6 nitrogen and oxygen atoms in total. The van der Waals surface area contributed by atoms with E-state index in [9.17, 15) is 9.90 Å². The maximum absolute atomic E-state index is 12.2. The van der Waals surface area contributed by atoms with E-state index in [2.05, 4.69) is 14.9 Å². The minimum atomic E-state index is -0.00313. The van der Waals surface area contributed by atoms with Crippen molar-refractivity contribution in [2.45, 2.75) is 46.2 Å². The molecule has 2 N–H and O–H groups in total. The number of hydrogen-bond donors (Lipinski definition) is 2. The van der Waals surface area contributed by atoms with Crippen LogP contribution in [-0.4, -0.2) is 33.1 Å². The standard InChI is InChI=1S/C19H25N3O3/c1-4-25-17-9-13(5-6-16(17)23)10-22-8-7-14-15(11-22)20-18(12(2)3)21-19(14)24/h5-6,9,12,23H,4,7-8,10-11H2,1-3H3,(H,20,21,24). The predicted molar refractivity (Wildman–Crippen MR) is 96.0 cm³/mol. The van der Waals surface area contributed by atoms with Crippen molar-refractivity contribution in [2.75, 3.05) is 13.2 Å². The molecule has 0 bridgehead atoms. The second-order valence-corrected chi connectivity index (χ2v) is 6.73. The summed E-state index contributed by atoms with van der Waals surface area (Å²) in [5.41, 5.74) is 2.75. The van der Waals surface area contributed by atoms with E-state index in [0.717, 1.165) is 35.7 Å². The van der Waals surface area contributed by atoms with E-state index in [-0.39, 0.29) is 17.2 Å². The summed E-state index contributed by atoms with van der Waals surface area (Å²) < 4.78 is 5.45. The van der Waals surface area contributed by atoms with Gasteiger partial charge in [-0.1, -0.05) is 19.9 Å². The summed E-state index contributed by atoms with van der Waals surface area (Å²) in [4.78, 5) is 22.1. The molecule has 134 valence electrons. The highest BCUT2D eigenvalue weighted by molar-refractivity contribution is 5.41. The molecule has 0 aliphatic carbocycles. The minimum absolute atomic E-state index is 0.00313. The number of phenols is 1. The number of benzene rings is 1. The van der Waals surface area contributed by atoms with Crippen molar-refractivity contribution in [3.8, 4) is 11.5 Å². The van der Waals surface area contributed by atoms with Crippen LogP contribution in [0.1, 0.15) is 49.3 Å². The highest BCUT2D eigenvalue weighted by atomic mass is 16.5. The number of nitrogens with one attached hydrogen (secondary N) is 1. The van der Waals surface area contributed by atoms with Gasteiger partial charge in [0.15, 0.2) is 11.5 Å². The number of aromatic hydroxyl groups is 1. The number of hydrogen-bond acceptors (Lipinski definition) is 5. The van der Waals surface area contributed by atoms with Crippen LogP contribution in [0.15, 0.2) is 23.0 Å². The maximum atomic E-state index is 12.2. The summed E-state index contributed by atoms with van der Waals surface area (Å²) in [6, 6.07) is 5.44. The highest BCUT2D eigenvalue weighted by Gasteiger charge is 2.22. The monoisotopic (exact) mass is 343 g/mol. The molecule has 0 radical (unpaired) electrons. The van der Waals surface area contributed by atoms with Gasteiger partial charge >= 0.3 is 0 Å². The van der Waals surface area contributed by atoms with Crippen LogP contribution in [0.3, 0.4) is 0 Å². The number of aromatic nitrogens is 2. The molecule has 1 aliphatic rings. The van der Waals surface area contributed by atoms with E-state index < -0.39 is 0 Å². The number of ether oxygens (including phenoxy) is 1. The Hall–Kier alpha value is -2.34. The summed E-state index contributed by atoms with van der Waals surface area (Å²) in [5.74, 6) is 1.60. The van der Waals surface area contributed by atoms with Crippen molar-refractivity contribution < 1.29 is 9.84 Å². The second-order valence-electron chi connectivity index (χ2n) is 6.73. The van der Waals surface area contributed by atoms with Gasteiger partial charge in [0, 0.05) is 31.1 Å². The van der Waals surface area contributed by atoms with Gasteiger partial charge in [-0.05, 0) is 31.0 Å². The zero-order chi connectivity index (χ0) is 18.0. The molecule has 1 aromatic carbocycles. The van der Waals surface area contributed by atoms with Gasteiger partial charge in [0.05, 0.1) is 12.3 Å². The number of nitrogens with zero attached hydrogens (tertiary/aromatic N) is 2. The lowest BCUT2D eigenvalue weighted by atomic mass is 10.0. The molecule has 25 heavy (non-hydrogen) atoms. The lowest BCUT2D eigenvalue weighted by molar-refractivity contribution is 0.239. The Balaban J connectivity index is 1.79. The molecule has 2 aromatic rings. The summed E-state index contributed by atoms with van der Waals surface area (Å²) in [6.45, 7) is 8.65. The molecule has 2 heterocycles. The van der Waals surface area contributed by atoms with E-state index in [1.54, 1.807) is 6.07 Å². The average molecular weight is 343 g/mol. The lowest BCUT2D eigenvalue weighted by Gasteiger charge is -2.28. The van der Waals surface area contributed by atoms with Gasteiger partial charge < -0.3 is 14.8 Å². The molecule has 1 aromatic heterocycles. The van der Waals surface area contributed by atoms with Crippen molar-refractivity contribution in [3.63, 3.8) is 0 Å². The number of rotatable bonds is 5. The first kappa shape index (κ1) is 17.5. The van der Waals surface area contributed by atoms with Crippen LogP contribution in [0, 0.1) is 0 Å². The van der Waals surface area contributed by atoms with Crippen LogP contribution in [-0.2, 0) is 19.5 Å². The SMILES string of the molecule is CCOc1cc(CN2CCc3c(nc(C(C)C)[nH]c3=O)C2)ccc1O. The number of fused-ring (bicyclic) bond motifs is 1. The van der Waals surface area contributed by atoms with Gasteiger partial charge in [0.2, 0.25) is 0 Å². The first-order valence-electron chi connectivity index (χ1n) is 8.77. The molecule has 1 aliphatic heterocycles. The van der Waals surface area contributed by atoms with Crippen molar-refractivity contribution in [1.82, 2.24) is 14.9 Å². The zero-order valence-corrected chi connectivity index (χ0v) is 15.0. The van der Waals surface area contributed by atoms with Crippen LogP contribution >= 0.6 is 0 Å². The van der Waals surface area contributed by atoms with Crippen molar-refractivity contribution in [2.24, 2.45) is 0 Å². The molecule has 0 amide bonds. The van der Waals surface area contributed by atoms with E-state index in [1.165, 1.54) is 0 Å². The first-order valence-corrected chi connectivity index (χ1v) is 8.77. The van der Waals surface area contributed by atoms with Crippen LogP contribution in [0.25, 0.3) is 0 Å².